The maximum absolute atomic E-state index is 12.5. The zero-order valence-corrected chi connectivity index (χ0v) is 16.0. The van der Waals surface area contributed by atoms with Crippen molar-refractivity contribution in [3.8, 4) is 5.75 Å². The Morgan fingerprint density at radius 1 is 1.27 bits per heavy atom. The lowest BCUT2D eigenvalue weighted by Crippen LogP contribution is -2.39. The van der Waals surface area contributed by atoms with Crippen molar-refractivity contribution in [2.75, 3.05) is 47.4 Å². The van der Waals surface area contributed by atoms with Crippen LogP contribution >= 0.6 is 0 Å². The fourth-order valence-electron chi connectivity index (χ4n) is 3.85. The first-order valence-electron chi connectivity index (χ1n) is 9.30. The third-order valence-electron chi connectivity index (χ3n) is 5.07. The van der Waals surface area contributed by atoms with Gasteiger partial charge in [0.05, 0.1) is 7.11 Å². The molecule has 5 heteroatoms. The fourth-order valence-corrected chi connectivity index (χ4v) is 3.85. The molecule has 2 aromatic carbocycles. The molecule has 3 rings (SSSR count). The van der Waals surface area contributed by atoms with E-state index >= 15 is 0 Å². The van der Waals surface area contributed by atoms with Crippen molar-refractivity contribution < 1.29 is 9.53 Å². The van der Waals surface area contributed by atoms with E-state index in [2.05, 4.69) is 42.5 Å². The molecule has 1 aliphatic heterocycles. The van der Waals surface area contributed by atoms with Crippen LogP contribution < -0.4 is 10.1 Å². The maximum atomic E-state index is 12.5. The average Bonchev–Trinajstić information content (AvgIpc) is 3.09. The average molecular weight is 355 g/mol. The Bertz CT molecular complexity index is 760. The van der Waals surface area contributed by atoms with Gasteiger partial charge in [-0.05, 0) is 49.7 Å². The lowest BCUT2D eigenvalue weighted by molar-refractivity contribution is 0.205. The molecule has 1 heterocycles. The van der Waals surface area contributed by atoms with Gasteiger partial charge in [-0.1, -0.05) is 30.3 Å². The van der Waals surface area contributed by atoms with E-state index < -0.39 is 0 Å². The highest BCUT2D eigenvalue weighted by Gasteiger charge is 2.26. The minimum absolute atomic E-state index is 0.0467. The van der Waals surface area contributed by atoms with E-state index in [0.29, 0.717) is 12.5 Å². The Morgan fingerprint density at radius 3 is 2.85 bits per heavy atom. The Morgan fingerprint density at radius 2 is 2.08 bits per heavy atom. The number of benzene rings is 2. The van der Waals surface area contributed by atoms with Crippen molar-refractivity contribution in [2.24, 2.45) is 5.92 Å². The summed E-state index contributed by atoms with van der Waals surface area (Å²) in [7, 11) is 5.86. The van der Waals surface area contributed by atoms with E-state index in [4.69, 9.17) is 4.74 Å². The molecule has 0 bridgehead atoms. The topological polar surface area (TPSA) is 44.8 Å². The van der Waals surface area contributed by atoms with Gasteiger partial charge in [-0.25, -0.2) is 4.79 Å². The van der Waals surface area contributed by atoms with Crippen molar-refractivity contribution in [3.05, 3.63) is 42.0 Å². The lowest BCUT2D eigenvalue weighted by Gasteiger charge is -2.19. The third kappa shape index (κ3) is 4.28. The summed E-state index contributed by atoms with van der Waals surface area (Å²) in [6, 6.07) is 12.4. The zero-order chi connectivity index (χ0) is 18.5. The predicted molar refractivity (Wildman–Crippen MR) is 106 cm³/mol. The summed E-state index contributed by atoms with van der Waals surface area (Å²) < 4.78 is 5.53. The number of fused-ring (bicyclic) bond motifs is 1. The quantitative estimate of drug-likeness (QED) is 0.866. The molecular weight excluding hydrogens is 326 g/mol. The number of ether oxygens (including phenoxy) is 1. The van der Waals surface area contributed by atoms with Gasteiger partial charge in [0, 0.05) is 31.7 Å². The Labute approximate surface area is 155 Å². The minimum Gasteiger partial charge on any atom is -0.496 e. The van der Waals surface area contributed by atoms with Gasteiger partial charge in [-0.3, -0.25) is 0 Å². The van der Waals surface area contributed by atoms with Gasteiger partial charge < -0.3 is 19.9 Å². The number of carbonyl (C=O) groups excluding carboxylic acids is 1. The zero-order valence-electron chi connectivity index (χ0n) is 16.0. The van der Waals surface area contributed by atoms with Gasteiger partial charge in [-0.2, -0.15) is 0 Å². The van der Waals surface area contributed by atoms with E-state index in [1.165, 1.54) is 10.8 Å². The highest BCUT2D eigenvalue weighted by atomic mass is 16.5. The number of carbonyl (C=O) groups is 1. The van der Waals surface area contributed by atoms with E-state index in [1.807, 2.05) is 23.1 Å². The summed E-state index contributed by atoms with van der Waals surface area (Å²) in [6.45, 7) is 3.35. The summed E-state index contributed by atoms with van der Waals surface area (Å²) in [5, 5.41) is 5.46. The largest absolute Gasteiger partial charge is 0.496 e. The molecule has 1 N–H and O–H groups in total. The van der Waals surface area contributed by atoms with E-state index in [9.17, 15) is 4.79 Å². The van der Waals surface area contributed by atoms with Gasteiger partial charge in [0.25, 0.3) is 0 Å². The van der Waals surface area contributed by atoms with Gasteiger partial charge in [0.15, 0.2) is 0 Å². The smallest absolute Gasteiger partial charge is 0.317 e. The second-order valence-electron chi connectivity index (χ2n) is 7.31. The first kappa shape index (κ1) is 18.5. The molecule has 0 unspecified atom stereocenters. The summed E-state index contributed by atoms with van der Waals surface area (Å²) in [6.07, 6.45) is 1.84. The number of urea groups is 1. The Balaban J connectivity index is 1.58. The van der Waals surface area contributed by atoms with Crippen LogP contribution in [0.4, 0.5) is 4.79 Å². The van der Waals surface area contributed by atoms with Crippen LogP contribution in [0.15, 0.2) is 36.4 Å². The molecule has 1 saturated heterocycles. The number of amides is 2. The molecule has 0 aliphatic carbocycles. The van der Waals surface area contributed by atoms with E-state index in [1.54, 1.807) is 7.11 Å². The highest BCUT2D eigenvalue weighted by molar-refractivity contribution is 5.87. The molecule has 26 heavy (non-hydrogen) atoms. The standard InChI is InChI=1S/C21H29N3O2/c1-23(2)14-16-11-13-24(15-16)21(25)22-12-10-19-18-7-5-4-6-17(18)8-9-20(19)26-3/h4-9,16H,10-15H2,1-3H3,(H,22,25)/t16-/m0/s1. The minimum atomic E-state index is 0.0467. The summed E-state index contributed by atoms with van der Waals surface area (Å²) in [5.74, 6) is 1.46. The first-order chi connectivity index (χ1) is 12.6. The SMILES string of the molecule is COc1ccc2ccccc2c1CCNC(=O)N1CC[C@@H](CN(C)C)C1. The second kappa shape index (κ2) is 8.41. The molecule has 1 aliphatic rings. The predicted octanol–water partition coefficient (Wildman–Crippen LogP) is 2.98. The summed E-state index contributed by atoms with van der Waals surface area (Å²) in [5.41, 5.74) is 1.15. The maximum Gasteiger partial charge on any atom is 0.317 e. The molecule has 0 saturated carbocycles. The molecule has 1 fully saturated rings. The van der Waals surface area contributed by atoms with Crippen LogP contribution in [0.3, 0.4) is 0 Å². The van der Waals surface area contributed by atoms with E-state index in [0.717, 1.165) is 43.8 Å². The molecular formula is C21H29N3O2. The lowest BCUT2D eigenvalue weighted by atomic mass is 10.0. The van der Waals surface area contributed by atoms with Crippen LogP contribution in [0.1, 0.15) is 12.0 Å². The van der Waals surface area contributed by atoms with Crippen LogP contribution in [-0.2, 0) is 6.42 Å². The fraction of sp³-hybridized carbons (Fsp3) is 0.476. The van der Waals surface area contributed by atoms with Crippen LogP contribution in [0.2, 0.25) is 0 Å². The first-order valence-corrected chi connectivity index (χ1v) is 9.30. The number of rotatable bonds is 6. The molecule has 5 nitrogen and oxygen atoms in total. The number of nitrogens with zero attached hydrogens (tertiary/aromatic N) is 2. The monoisotopic (exact) mass is 355 g/mol. The summed E-state index contributed by atoms with van der Waals surface area (Å²) >= 11 is 0. The molecule has 2 aromatic rings. The van der Waals surface area contributed by atoms with E-state index in [-0.39, 0.29) is 6.03 Å². The van der Waals surface area contributed by atoms with Crippen LogP contribution in [-0.4, -0.2) is 63.2 Å². The highest BCUT2D eigenvalue weighted by Crippen LogP contribution is 2.28. The van der Waals surface area contributed by atoms with Crippen molar-refractivity contribution in [1.29, 1.82) is 0 Å². The summed E-state index contributed by atoms with van der Waals surface area (Å²) in [4.78, 5) is 16.6. The molecule has 0 spiro atoms. The normalized spacial score (nSPS) is 17.1. The van der Waals surface area contributed by atoms with Crippen LogP contribution in [0, 0.1) is 5.92 Å². The van der Waals surface area contributed by atoms with Crippen molar-refractivity contribution in [3.63, 3.8) is 0 Å². The van der Waals surface area contributed by atoms with Gasteiger partial charge in [0.1, 0.15) is 5.75 Å². The number of nitrogens with one attached hydrogen (secondary N) is 1. The van der Waals surface area contributed by atoms with Gasteiger partial charge in [-0.15, -0.1) is 0 Å². The van der Waals surface area contributed by atoms with Crippen molar-refractivity contribution in [1.82, 2.24) is 15.1 Å². The third-order valence-corrected chi connectivity index (χ3v) is 5.07. The number of likely N-dealkylation sites (tertiary alicyclic amines) is 1. The molecule has 0 radical (unpaired) electrons. The van der Waals surface area contributed by atoms with Crippen molar-refractivity contribution >= 4 is 16.8 Å². The van der Waals surface area contributed by atoms with Crippen LogP contribution in [0.5, 0.6) is 5.75 Å². The Hall–Kier alpha value is -2.27. The second-order valence-corrected chi connectivity index (χ2v) is 7.31. The molecule has 0 aromatic heterocycles. The number of hydrogen-bond donors (Lipinski definition) is 1. The van der Waals surface area contributed by atoms with Gasteiger partial charge >= 0.3 is 6.03 Å². The van der Waals surface area contributed by atoms with Crippen molar-refractivity contribution in [2.45, 2.75) is 12.8 Å². The molecule has 1 atom stereocenters. The van der Waals surface area contributed by atoms with Gasteiger partial charge in [0.2, 0.25) is 0 Å². The molecule has 2 amide bonds. The number of hydrogen-bond acceptors (Lipinski definition) is 3. The molecule has 140 valence electrons. The Kier molecular flexibility index (Phi) is 5.99. The number of methoxy groups -OCH3 is 1. The van der Waals surface area contributed by atoms with Crippen LogP contribution in [0.25, 0.3) is 10.8 Å².